The average molecular weight is 367 g/mol. The van der Waals surface area contributed by atoms with Gasteiger partial charge < -0.3 is 10.6 Å². The number of anilines is 2. The molecule has 2 aromatic carbocycles. The fraction of sp³-hybridized carbons (Fsp3) is 0.125. The number of rotatable bonds is 4. The lowest BCUT2D eigenvalue weighted by Crippen LogP contribution is -2.12. The molecule has 0 aliphatic heterocycles. The van der Waals surface area contributed by atoms with Gasteiger partial charge in [0.15, 0.2) is 0 Å². The zero-order valence-corrected chi connectivity index (χ0v) is 14.2. The van der Waals surface area contributed by atoms with Crippen LogP contribution >= 0.6 is 34.5 Å². The van der Waals surface area contributed by atoms with Crippen LogP contribution in [0.2, 0.25) is 0 Å². The molecule has 1 aromatic heterocycles. The number of fused-ring (bicyclic) bond motifs is 3. The van der Waals surface area contributed by atoms with E-state index >= 15 is 0 Å². The predicted molar refractivity (Wildman–Crippen MR) is 98.0 cm³/mol. The van der Waals surface area contributed by atoms with Gasteiger partial charge in [0.05, 0.1) is 0 Å². The maximum Gasteiger partial charge on any atom is 0.239 e. The Labute approximate surface area is 146 Å². The summed E-state index contributed by atoms with van der Waals surface area (Å²) in [6.07, 6.45) is 0. The topological polar surface area (TPSA) is 58.2 Å². The van der Waals surface area contributed by atoms with Crippen molar-refractivity contribution >= 4 is 77.9 Å². The molecule has 0 saturated heterocycles. The van der Waals surface area contributed by atoms with Crippen LogP contribution in [0.3, 0.4) is 0 Å². The predicted octanol–water partition coefficient (Wildman–Crippen LogP) is 4.41. The van der Waals surface area contributed by atoms with Crippen LogP contribution in [0.15, 0.2) is 36.4 Å². The van der Waals surface area contributed by atoms with E-state index in [0.29, 0.717) is 11.4 Å². The summed E-state index contributed by atoms with van der Waals surface area (Å²) < 4.78 is 2.10. The zero-order chi connectivity index (χ0) is 16.4. The Bertz CT molecular complexity index is 835. The summed E-state index contributed by atoms with van der Waals surface area (Å²) in [4.78, 5) is 22.7. The Morgan fingerprint density at radius 2 is 1.26 bits per heavy atom. The Hall–Kier alpha value is -1.82. The van der Waals surface area contributed by atoms with E-state index in [0.717, 1.165) is 20.2 Å². The lowest BCUT2D eigenvalue weighted by molar-refractivity contribution is -0.114. The standard InChI is InChI=1S/C16H12Cl2N2O2S/c17-7-15(21)19-9-1-3-11-12-4-2-10(20-16(22)8-18)6-14(12)23-13(11)5-9/h1-6H,7-8H2,(H,19,21)(H,20,22). The summed E-state index contributed by atoms with van der Waals surface area (Å²) >= 11 is 12.6. The summed E-state index contributed by atoms with van der Waals surface area (Å²) in [6, 6.07) is 11.5. The molecular weight excluding hydrogens is 355 g/mol. The molecule has 0 aliphatic rings. The number of nitrogens with one attached hydrogen (secondary N) is 2. The van der Waals surface area contributed by atoms with Crippen molar-refractivity contribution in [2.24, 2.45) is 0 Å². The minimum Gasteiger partial charge on any atom is -0.325 e. The van der Waals surface area contributed by atoms with Gasteiger partial charge in [-0.25, -0.2) is 0 Å². The summed E-state index contributed by atoms with van der Waals surface area (Å²) in [5.74, 6) is -0.626. The van der Waals surface area contributed by atoms with Crippen LogP contribution in [0, 0.1) is 0 Å². The fourth-order valence-corrected chi connectivity index (χ4v) is 3.64. The van der Waals surface area contributed by atoms with E-state index in [-0.39, 0.29) is 23.6 Å². The highest BCUT2D eigenvalue weighted by Gasteiger charge is 2.09. The molecule has 0 aliphatic carbocycles. The van der Waals surface area contributed by atoms with Crippen molar-refractivity contribution in [3.8, 4) is 0 Å². The maximum atomic E-state index is 11.4. The second kappa shape index (κ2) is 6.74. The highest BCUT2D eigenvalue weighted by molar-refractivity contribution is 7.25. The van der Waals surface area contributed by atoms with Gasteiger partial charge in [0.25, 0.3) is 0 Å². The molecule has 4 nitrogen and oxygen atoms in total. The van der Waals surface area contributed by atoms with Gasteiger partial charge in [-0.15, -0.1) is 34.5 Å². The summed E-state index contributed by atoms with van der Waals surface area (Å²) in [6.45, 7) is 0. The highest BCUT2D eigenvalue weighted by atomic mass is 35.5. The number of carbonyl (C=O) groups excluding carboxylic acids is 2. The van der Waals surface area contributed by atoms with Gasteiger partial charge in [-0.1, -0.05) is 12.1 Å². The molecule has 1 heterocycles. The Balaban J connectivity index is 1.99. The molecule has 0 radical (unpaired) electrons. The first-order valence-electron chi connectivity index (χ1n) is 6.78. The number of carbonyl (C=O) groups is 2. The number of hydrogen-bond donors (Lipinski definition) is 2. The number of halogens is 2. The second-order valence-electron chi connectivity index (χ2n) is 4.89. The van der Waals surface area contributed by atoms with Crippen LogP contribution in [-0.4, -0.2) is 23.6 Å². The number of benzene rings is 2. The van der Waals surface area contributed by atoms with E-state index in [9.17, 15) is 9.59 Å². The third-order valence-electron chi connectivity index (χ3n) is 3.28. The van der Waals surface area contributed by atoms with Crippen molar-refractivity contribution in [1.82, 2.24) is 0 Å². The largest absolute Gasteiger partial charge is 0.325 e. The number of thiophene rings is 1. The summed E-state index contributed by atoms with van der Waals surface area (Å²) in [5, 5.41) is 7.68. The molecule has 3 aromatic rings. The van der Waals surface area contributed by atoms with Crippen LogP contribution in [0.4, 0.5) is 11.4 Å². The fourth-order valence-electron chi connectivity index (χ4n) is 2.32. The molecule has 23 heavy (non-hydrogen) atoms. The molecule has 0 bridgehead atoms. The van der Waals surface area contributed by atoms with Crippen molar-refractivity contribution < 1.29 is 9.59 Å². The third kappa shape index (κ3) is 3.42. The minimum absolute atomic E-state index is 0.0753. The van der Waals surface area contributed by atoms with Crippen LogP contribution in [0.25, 0.3) is 20.2 Å². The highest BCUT2D eigenvalue weighted by Crippen LogP contribution is 2.36. The molecule has 2 N–H and O–H groups in total. The Morgan fingerprint density at radius 3 is 1.65 bits per heavy atom. The first-order chi connectivity index (χ1) is 11.1. The molecule has 0 fully saturated rings. The van der Waals surface area contributed by atoms with Crippen molar-refractivity contribution in [3.63, 3.8) is 0 Å². The van der Waals surface area contributed by atoms with Crippen LogP contribution in [-0.2, 0) is 9.59 Å². The number of hydrogen-bond acceptors (Lipinski definition) is 3. The molecule has 7 heteroatoms. The van der Waals surface area contributed by atoms with Gasteiger partial charge in [0.1, 0.15) is 11.8 Å². The molecular formula is C16H12Cl2N2O2S. The van der Waals surface area contributed by atoms with E-state index < -0.39 is 0 Å². The van der Waals surface area contributed by atoms with Crippen molar-refractivity contribution in [2.45, 2.75) is 0 Å². The van der Waals surface area contributed by atoms with Gasteiger partial charge in [-0.2, -0.15) is 0 Å². The zero-order valence-electron chi connectivity index (χ0n) is 11.9. The minimum atomic E-state index is -0.238. The van der Waals surface area contributed by atoms with E-state index in [1.165, 1.54) is 0 Å². The second-order valence-corrected chi connectivity index (χ2v) is 6.51. The third-order valence-corrected chi connectivity index (χ3v) is 4.88. The van der Waals surface area contributed by atoms with Crippen LogP contribution < -0.4 is 10.6 Å². The van der Waals surface area contributed by atoms with E-state index in [4.69, 9.17) is 23.2 Å². The molecule has 0 unspecified atom stereocenters. The van der Waals surface area contributed by atoms with Crippen molar-refractivity contribution in [2.75, 3.05) is 22.4 Å². The smallest absolute Gasteiger partial charge is 0.239 e. The normalized spacial score (nSPS) is 10.9. The summed E-state index contributed by atoms with van der Waals surface area (Å²) in [5.41, 5.74) is 1.43. The Kier molecular flexibility index (Phi) is 4.71. The van der Waals surface area contributed by atoms with Crippen LogP contribution in [0.1, 0.15) is 0 Å². The van der Waals surface area contributed by atoms with Gasteiger partial charge in [0.2, 0.25) is 11.8 Å². The number of alkyl halides is 2. The molecule has 0 spiro atoms. The molecule has 0 atom stereocenters. The van der Waals surface area contributed by atoms with Gasteiger partial charge in [-0.05, 0) is 24.3 Å². The maximum absolute atomic E-state index is 11.4. The number of amides is 2. The van der Waals surface area contributed by atoms with E-state index in [2.05, 4.69) is 10.6 Å². The van der Waals surface area contributed by atoms with Gasteiger partial charge in [0, 0.05) is 31.5 Å². The quantitative estimate of drug-likeness (QED) is 0.671. The van der Waals surface area contributed by atoms with Gasteiger partial charge in [-0.3, -0.25) is 9.59 Å². The SMILES string of the molecule is O=C(CCl)Nc1ccc2c(c1)sc1cc(NC(=O)CCl)ccc12. The van der Waals surface area contributed by atoms with E-state index in [1.807, 2.05) is 36.4 Å². The van der Waals surface area contributed by atoms with Gasteiger partial charge >= 0.3 is 0 Å². The molecule has 2 amide bonds. The summed E-state index contributed by atoms with van der Waals surface area (Å²) in [7, 11) is 0. The van der Waals surface area contributed by atoms with Crippen molar-refractivity contribution in [3.05, 3.63) is 36.4 Å². The first kappa shape index (κ1) is 16.1. The lowest BCUT2D eigenvalue weighted by atomic mass is 10.1. The molecule has 118 valence electrons. The van der Waals surface area contributed by atoms with Crippen molar-refractivity contribution in [1.29, 1.82) is 0 Å². The van der Waals surface area contributed by atoms with Crippen LogP contribution in [0.5, 0.6) is 0 Å². The Morgan fingerprint density at radius 1 is 0.826 bits per heavy atom. The monoisotopic (exact) mass is 366 g/mol. The first-order valence-corrected chi connectivity index (χ1v) is 8.67. The van der Waals surface area contributed by atoms with E-state index in [1.54, 1.807) is 11.3 Å². The molecule has 0 saturated carbocycles. The lowest BCUT2D eigenvalue weighted by Gasteiger charge is -2.03. The average Bonchev–Trinajstić information content (AvgIpc) is 2.91. The molecule has 3 rings (SSSR count).